The number of benzene rings is 2. The molecule has 0 aromatic heterocycles. The number of anilines is 1. The predicted molar refractivity (Wildman–Crippen MR) is 117 cm³/mol. The van der Waals surface area contributed by atoms with Crippen LogP contribution in [-0.2, 0) is 9.59 Å². The molecule has 0 aliphatic carbocycles. The van der Waals surface area contributed by atoms with Crippen LogP contribution in [0, 0.1) is 10.1 Å². The summed E-state index contributed by atoms with van der Waals surface area (Å²) in [5.74, 6) is -0.786. The second-order valence-corrected chi connectivity index (χ2v) is 7.95. The number of imide groups is 1. The van der Waals surface area contributed by atoms with Crippen LogP contribution in [0.25, 0.3) is 5.57 Å². The molecule has 1 saturated heterocycles. The zero-order valence-corrected chi connectivity index (χ0v) is 17.5. The van der Waals surface area contributed by atoms with Crippen molar-refractivity contribution in [3.8, 4) is 0 Å². The van der Waals surface area contributed by atoms with Crippen molar-refractivity contribution in [1.29, 1.82) is 0 Å². The number of likely N-dealkylation sites (tertiary alicyclic amines) is 1. The Bertz CT molecular complexity index is 1040. The van der Waals surface area contributed by atoms with E-state index in [1.807, 2.05) is 18.0 Å². The minimum absolute atomic E-state index is 0.0636. The number of hydrogen-bond donors (Lipinski definition) is 0. The summed E-state index contributed by atoms with van der Waals surface area (Å²) in [7, 11) is 3.93. The second kappa shape index (κ2) is 8.31. The van der Waals surface area contributed by atoms with Crippen LogP contribution in [0.1, 0.15) is 18.4 Å². The number of hydrogen-bond acceptors (Lipinski definition) is 6. The van der Waals surface area contributed by atoms with E-state index in [-0.39, 0.29) is 23.2 Å². The Kier molecular flexibility index (Phi) is 5.56. The molecule has 0 N–H and O–H groups in total. The van der Waals surface area contributed by atoms with Gasteiger partial charge < -0.3 is 9.80 Å². The number of amides is 2. The average Bonchev–Trinajstić information content (AvgIpc) is 3.04. The largest absolute Gasteiger partial charge is 0.366 e. The zero-order chi connectivity index (χ0) is 22.1. The summed E-state index contributed by atoms with van der Waals surface area (Å²) in [6.07, 6.45) is 1.77. The Labute approximate surface area is 180 Å². The van der Waals surface area contributed by atoms with Gasteiger partial charge in [0.05, 0.1) is 16.2 Å². The van der Waals surface area contributed by atoms with Gasteiger partial charge in [0, 0.05) is 25.2 Å². The normalized spacial score (nSPS) is 18.1. The molecule has 160 valence electrons. The highest BCUT2D eigenvalue weighted by atomic mass is 16.6. The highest BCUT2D eigenvalue weighted by Crippen LogP contribution is 2.36. The first-order chi connectivity index (χ1) is 14.9. The Morgan fingerprint density at radius 1 is 0.968 bits per heavy atom. The molecule has 0 bridgehead atoms. The van der Waals surface area contributed by atoms with Gasteiger partial charge in [-0.25, -0.2) is 4.90 Å². The number of likely N-dealkylation sites (N-methyl/N-ethyl adjacent to an activating group) is 1. The number of carbonyl (C=O) groups excluding carboxylic acids is 2. The maximum absolute atomic E-state index is 13.5. The summed E-state index contributed by atoms with van der Waals surface area (Å²) in [5, 5.41) is 11.0. The van der Waals surface area contributed by atoms with Crippen molar-refractivity contribution in [2.45, 2.75) is 18.9 Å². The molecule has 1 fully saturated rings. The number of non-ortho nitro benzene ring substituents is 1. The topological polar surface area (TPSA) is 87.0 Å². The van der Waals surface area contributed by atoms with Gasteiger partial charge in [0.1, 0.15) is 5.70 Å². The Morgan fingerprint density at radius 2 is 1.58 bits per heavy atom. The second-order valence-electron chi connectivity index (χ2n) is 7.95. The molecule has 2 aromatic rings. The lowest BCUT2D eigenvalue weighted by Gasteiger charge is -2.36. The summed E-state index contributed by atoms with van der Waals surface area (Å²) in [6.45, 7) is 1.83. The molecule has 31 heavy (non-hydrogen) atoms. The Balaban J connectivity index is 1.78. The smallest absolute Gasteiger partial charge is 0.282 e. The summed E-state index contributed by atoms with van der Waals surface area (Å²) in [6, 6.07) is 14.8. The Hall–Kier alpha value is -3.52. The van der Waals surface area contributed by atoms with E-state index in [2.05, 4.69) is 11.9 Å². The van der Waals surface area contributed by atoms with Crippen molar-refractivity contribution in [2.24, 2.45) is 0 Å². The van der Waals surface area contributed by atoms with Gasteiger partial charge >= 0.3 is 0 Å². The standard InChI is InChI=1S/C23H24N4O4/c1-24-14-12-17(13-15-24)25(2)21-20(16-8-10-19(11-9-16)27(30)31)22(28)26(23(21)29)18-6-4-3-5-7-18/h3-11,17H,12-15H2,1-2H3. The highest BCUT2D eigenvalue weighted by Gasteiger charge is 2.43. The summed E-state index contributed by atoms with van der Waals surface area (Å²) in [4.78, 5) is 42.9. The molecule has 0 unspecified atom stereocenters. The minimum Gasteiger partial charge on any atom is -0.366 e. The molecule has 0 saturated carbocycles. The van der Waals surface area contributed by atoms with Gasteiger partial charge in [-0.3, -0.25) is 19.7 Å². The van der Waals surface area contributed by atoms with E-state index in [0.717, 1.165) is 25.9 Å². The predicted octanol–water partition coefficient (Wildman–Crippen LogP) is 2.91. The molecule has 8 heteroatoms. The summed E-state index contributed by atoms with van der Waals surface area (Å²) < 4.78 is 0. The molecular weight excluding hydrogens is 396 g/mol. The monoisotopic (exact) mass is 420 g/mol. The van der Waals surface area contributed by atoms with Crippen LogP contribution in [0.5, 0.6) is 0 Å². The van der Waals surface area contributed by atoms with Gasteiger partial charge in [0.2, 0.25) is 0 Å². The maximum atomic E-state index is 13.5. The first-order valence-electron chi connectivity index (χ1n) is 10.2. The van der Waals surface area contributed by atoms with Crippen LogP contribution in [0.2, 0.25) is 0 Å². The molecule has 2 amide bonds. The van der Waals surface area contributed by atoms with Crippen molar-refractivity contribution in [1.82, 2.24) is 9.80 Å². The van der Waals surface area contributed by atoms with Crippen molar-refractivity contribution in [2.75, 3.05) is 32.1 Å². The van der Waals surface area contributed by atoms with Crippen molar-refractivity contribution in [3.63, 3.8) is 0 Å². The number of carbonyl (C=O) groups is 2. The molecule has 4 rings (SSSR count). The van der Waals surface area contributed by atoms with Gasteiger partial charge in [-0.2, -0.15) is 0 Å². The molecule has 0 spiro atoms. The third-order valence-electron chi connectivity index (χ3n) is 6.03. The number of nitro benzene ring substituents is 1. The van der Waals surface area contributed by atoms with Crippen LogP contribution < -0.4 is 4.90 Å². The third-order valence-corrected chi connectivity index (χ3v) is 6.03. The SMILES string of the molecule is CN1CCC(N(C)C2=C(c3ccc([N+](=O)[O-])cc3)C(=O)N(c3ccccc3)C2=O)CC1. The van der Waals surface area contributed by atoms with Crippen LogP contribution in [-0.4, -0.2) is 59.8 Å². The van der Waals surface area contributed by atoms with Crippen molar-refractivity contribution < 1.29 is 14.5 Å². The summed E-state index contributed by atoms with van der Waals surface area (Å²) in [5.41, 5.74) is 1.56. The van der Waals surface area contributed by atoms with E-state index in [1.165, 1.54) is 29.2 Å². The number of piperidine rings is 1. The fraction of sp³-hybridized carbons (Fsp3) is 0.304. The van der Waals surface area contributed by atoms with Gasteiger partial charge in [-0.1, -0.05) is 18.2 Å². The zero-order valence-electron chi connectivity index (χ0n) is 17.5. The fourth-order valence-corrected chi connectivity index (χ4v) is 4.23. The van der Waals surface area contributed by atoms with Crippen LogP contribution in [0.15, 0.2) is 60.3 Å². The highest BCUT2D eigenvalue weighted by molar-refractivity contribution is 6.45. The van der Waals surface area contributed by atoms with E-state index >= 15 is 0 Å². The molecule has 2 aliphatic rings. The molecule has 2 aromatic carbocycles. The van der Waals surface area contributed by atoms with Crippen molar-refractivity contribution in [3.05, 3.63) is 76.0 Å². The first kappa shape index (κ1) is 20.7. The fourth-order valence-electron chi connectivity index (χ4n) is 4.23. The van der Waals surface area contributed by atoms with Crippen LogP contribution in [0.3, 0.4) is 0 Å². The van der Waals surface area contributed by atoms with E-state index in [9.17, 15) is 19.7 Å². The molecular formula is C23H24N4O4. The van der Waals surface area contributed by atoms with Crippen LogP contribution >= 0.6 is 0 Å². The lowest BCUT2D eigenvalue weighted by Crippen LogP contribution is -2.43. The molecule has 0 atom stereocenters. The van der Waals surface area contributed by atoms with E-state index < -0.39 is 10.8 Å². The number of nitro groups is 1. The van der Waals surface area contributed by atoms with Crippen LogP contribution in [0.4, 0.5) is 11.4 Å². The number of nitrogens with zero attached hydrogens (tertiary/aromatic N) is 4. The third kappa shape index (κ3) is 3.82. The lowest BCUT2D eigenvalue weighted by atomic mass is 10.00. The maximum Gasteiger partial charge on any atom is 0.282 e. The van der Waals surface area contributed by atoms with E-state index in [4.69, 9.17) is 0 Å². The first-order valence-corrected chi connectivity index (χ1v) is 10.2. The van der Waals surface area contributed by atoms with Gasteiger partial charge in [-0.15, -0.1) is 0 Å². The van der Waals surface area contributed by atoms with E-state index in [1.54, 1.807) is 24.3 Å². The molecule has 2 heterocycles. The van der Waals surface area contributed by atoms with Gasteiger partial charge in [0.15, 0.2) is 0 Å². The molecule has 0 radical (unpaired) electrons. The average molecular weight is 420 g/mol. The van der Waals surface area contributed by atoms with Crippen molar-refractivity contribution >= 4 is 28.8 Å². The Morgan fingerprint density at radius 3 is 2.16 bits per heavy atom. The minimum atomic E-state index is -0.485. The quantitative estimate of drug-likeness (QED) is 0.420. The number of para-hydroxylation sites is 1. The number of rotatable bonds is 5. The van der Waals surface area contributed by atoms with Gasteiger partial charge in [0.25, 0.3) is 17.5 Å². The molecule has 2 aliphatic heterocycles. The lowest BCUT2D eigenvalue weighted by molar-refractivity contribution is -0.384. The summed E-state index contributed by atoms with van der Waals surface area (Å²) >= 11 is 0. The van der Waals surface area contributed by atoms with E-state index in [0.29, 0.717) is 16.9 Å². The molecule has 8 nitrogen and oxygen atoms in total. The van der Waals surface area contributed by atoms with Gasteiger partial charge in [-0.05, 0) is 62.8 Å².